The number of ether oxygens (including phenoxy) is 1. The Morgan fingerprint density at radius 2 is 1.94 bits per heavy atom. The summed E-state index contributed by atoms with van der Waals surface area (Å²) in [6.07, 6.45) is 0.999. The van der Waals surface area contributed by atoms with Crippen LogP contribution in [0.15, 0.2) is 23.1 Å². The van der Waals surface area contributed by atoms with Crippen LogP contribution in [0.4, 0.5) is 8.78 Å². The van der Waals surface area contributed by atoms with Crippen molar-refractivity contribution in [3.05, 3.63) is 45.8 Å². The van der Waals surface area contributed by atoms with Gasteiger partial charge in [-0.15, -0.1) is 0 Å². The highest BCUT2D eigenvalue weighted by Gasteiger charge is 2.17. The first kappa shape index (κ1) is 11.3. The van der Waals surface area contributed by atoms with E-state index in [0.717, 1.165) is 25.4 Å². The maximum atomic E-state index is 13.4. The SMILES string of the molecule is COC(=O)c1c[nH]c2c(F)ccc(F)c2c1=O. The van der Waals surface area contributed by atoms with Crippen molar-refractivity contribution in [1.82, 2.24) is 4.98 Å². The van der Waals surface area contributed by atoms with Crippen molar-refractivity contribution in [2.24, 2.45) is 0 Å². The molecule has 0 aliphatic carbocycles. The summed E-state index contributed by atoms with van der Waals surface area (Å²) in [5, 5.41) is -0.493. The molecule has 0 spiro atoms. The first-order chi connectivity index (χ1) is 8.06. The lowest BCUT2D eigenvalue weighted by Crippen LogP contribution is -2.18. The van der Waals surface area contributed by atoms with Gasteiger partial charge in [-0.1, -0.05) is 0 Å². The number of aromatic amines is 1. The lowest BCUT2D eigenvalue weighted by molar-refractivity contribution is 0.0599. The van der Waals surface area contributed by atoms with Crippen molar-refractivity contribution < 1.29 is 18.3 Å². The number of rotatable bonds is 1. The van der Waals surface area contributed by atoms with Gasteiger partial charge in [0.1, 0.15) is 17.2 Å². The summed E-state index contributed by atoms with van der Waals surface area (Å²) in [7, 11) is 1.09. The fourth-order valence-electron chi connectivity index (χ4n) is 1.52. The molecule has 0 atom stereocenters. The molecule has 0 aliphatic rings. The third-order valence-electron chi connectivity index (χ3n) is 2.34. The number of fused-ring (bicyclic) bond motifs is 1. The Morgan fingerprint density at radius 1 is 1.29 bits per heavy atom. The topological polar surface area (TPSA) is 59.2 Å². The van der Waals surface area contributed by atoms with Crippen LogP contribution in [0.2, 0.25) is 0 Å². The number of methoxy groups -OCH3 is 1. The van der Waals surface area contributed by atoms with Crippen molar-refractivity contribution in [2.45, 2.75) is 0 Å². The number of esters is 1. The molecular formula is C11H7F2NO3. The minimum Gasteiger partial charge on any atom is -0.465 e. The number of aromatic nitrogens is 1. The van der Waals surface area contributed by atoms with Crippen molar-refractivity contribution in [3.63, 3.8) is 0 Å². The van der Waals surface area contributed by atoms with Gasteiger partial charge < -0.3 is 9.72 Å². The van der Waals surface area contributed by atoms with E-state index in [0.29, 0.717) is 0 Å². The third kappa shape index (κ3) is 1.67. The average molecular weight is 239 g/mol. The summed E-state index contributed by atoms with van der Waals surface area (Å²) < 4.78 is 31.1. The van der Waals surface area contributed by atoms with E-state index < -0.39 is 28.4 Å². The second-order valence-electron chi connectivity index (χ2n) is 3.30. The summed E-state index contributed by atoms with van der Waals surface area (Å²) in [5.74, 6) is -2.57. The summed E-state index contributed by atoms with van der Waals surface area (Å²) in [4.78, 5) is 25.4. The third-order valence-corrected chi connectivity index (χ3v) is 2.34. The number of carbonyl (C=O) groups excluding carboxylic acids is 1. The molecule has 88 valence electrons. The standard InChI is InChI=1S/C11H7F2NO3/c1-17-11(16)5-4-14-9-7(13)3-2-6(12)8(9)10(5)15/h2-4H,1H3,(H,14,15). The highest BCUT2D eigenvalue weighted by molar-refractivity contribution is 5.93. The molecule has 2 aromatic rings. The summed E-state index contributed by atoms with van der Waals surface area (Å²) in [6, 6.07) is 1.72. The molecule has 17 heavy (non-hydrogen) atoms. The molecule has 4 nitrogen and oxygen atoms in total. The van der Waals surface area contributed by atoms with Gasteiger partial charge in [-0.05, 0) is 12.1 Å². The summed E-state index contributed by atoms with van der Waals surface area (Å²) >= 11 is 0. The molecule has 0 unspecified atom stereocenters. The van der Waals surface area contributed by atoms with E-state index in [2.05, 4.69) is 9.72 Å². The Morgan fingerprint density at radius 3 is 2.59 bits per heavy atom. The molecule has 1 heterocycles. The second-order valence-corrected chi connectivity index (χ2v) is 3.30. The van der Waals surface area contributed by atoms with E-state index in [1.165, 1.54) is 0 Å². The maximum absolute atomic E-state index is 13.4. The quantitative estimate of drug-likeness (QED) is 0.769. The van der Waals surface area contributed by atoms with Crippen molar-refractivity contribution >= 4 is 16.9 Å². The van der Waals surface area contributed by atoms with Gasteiger partial charge in [-0.2, -0.15) is 0 Å². The van der Waals surface area contributed by atoms with E-state index in [1.807, 2.05) is 0 Å². The van der Waals surface area contributed by atoms with Crippen molar-refractivity contribution in [2.75, 3.05) is 7.11 Å². The number of hydrogen-bond acceptors (Lipinski definition) is 3. The lowest BCUT2D eigenvalue weighted by atomic mass is 10.1. The molecule has 0 fully saturated rings. The minimum absolute atomic E-state index is 0.275. The van der Waals surface area contributed by atoms with Crippen LogP contribution in [0.25, 0.3) is 10.9 Å². The van der Waals surface area contributed by atoms with Gasteiger partial charge in [0.15, 0.2) is 0 Å². The van der Waals surface area contributed by atoms with E-state index >= 15 is 0 Å². The van der Waals surface area contributed by atoms with Crippen LogP contribution in [0, 0.1) is 11.6 Å². The largest absolute Gasteiger partial charge is 0.465 e. The second kappa shape index (κ2) is 3.97. The Kier molecular flexibility index (Phi) is 2.63. The van der Waals surface area contributed by atoms with Crippen LogP contribution in [-0.2, 0) is 4.74 Å². The number of halogens is 2. The van der Waals surface area contributed by atoms with Gasteiger partial charge in [0.2, 0.25) is 5.43 Å². The van der Waals surface area contributed by atoms with Crippen LogP contribution in [0.3, 0.4) is 0 Å². The average Bonchev–Trinajstić information content (AvgIpc) is 2.33. The van der Waals surface area contributed by atoms with Crippen LogP contribution >= 0.6 is 0 Å². The Bertz CT molecular complexity index is 664. The van der Waals surface area contributed by atoms with Gasteiger partial charge in [-0.3, -0.25) is 4.79 Å². The predicted octanol–water partition coefficient (Wildman–Crippen LogP) is 1.59. The molecule has 0 bridgehead atoms. The van der Waals surface area contributed by atoms with Crippen LogP contribution in [0.5, 0.6) is 0 Å². The van der Waals surface area contributed by atoms with Crippen LogP contribution in [0.1, 0.15) is 10.4 Å². The Balaban J connectivity index is 2.89. The molecule has 1 aromatic carbocycles. The summed E-state index contributed by atoms with van der Waals surface area (Å²) in [5.41, 5.74) is -1.55. The number of benzene rings is 1. The Hall–Kier alpha value is -2.24. The van der Waals surface area contributed by atoms with Crippen molar-refractivity contribution in [1.29, 1.82) is 0 Å². The lowest BCUT2D eigenvalue weighted by Gasteiger charge is -2.03. The zero-order valence-electron chi connectivity index (χ0n) is 8.71. The number of H-pyrrole nitrogens is 1. The van der Waals surface area contributed by atoms with Gasteiger partial charge in [0.05, 0.1) is 18.0 Å². The highest BCUT2D eigenvalue weighted by Crippen LogP contribution is 2.16. The van der Waals surface area contributed by atoms with Gasteiger partial charge in [0.25, 0.3) is 0 Å². The first-order valence-electron chi connectivity index (χ1n) is 4.64. The maximum Gasteiger partial charge on any atom is 0.343 e. The normalized spacial score (nSPS) is 10.5. The van der Waals surface area contributed by atoms with E-state index in [9.17, 15) is 18.4 Å². The smallest absolute Gasteiger partial charge is 0.343 e. The van der Waals surface area contributed by atoms with Crippen LogP contribution < -0.4 is 5.43 Å². The molecular weight excluding hydrogens is 232 g/mol. The molecule has 0 saturated heterocycles. The predicted molar refractivity (Wildman–Crippen MR) is 55.8 cm³/mol. The van der Waals surface area contributed by atoms with E-state index in [-0.39, 0.29) is 11.1 Å². The molecule has 0 radical (unpaired) electrons. The van der Waals surface area contributed by atoms with E-state index in [4.69, 9.17) is 0 Å². The molecule has 0 amide bonds. The monoisotopic (exact) mass is 239 g/mol. The number of pyridine rings is 1. The van der Waals surface area contributed by atoms with E-state index in [1.54, 1.807) is 0 Å². The molecule has 2 rings (SSSR count). The zero-order chi connectivity index (χ0) is 12.6. The molecule has 1 aromatic heterocycles. The van der Waals surface area contributed by atoms with Gasteiger partial charge >= 0.3 is 5.97 Å². The minimum atomic E-state index is -0.906. The van der Waals surface area contributed by atoms with Crippen molar-refractivity contribution in [3.8, 4) is 0 Å². The molecule has 6 heteroatoms. The Labute approximate surface area is 93.8 Å². The zero-order valence-corrected chi connectivity index (χ0v) is 8.71. The number of hydrogen-bond donors (Lipinski definition) is 1. The molecule has 0 aliphatic heterocycles. The number of carbonyl (C=O) groups is 1. The fraction of sp³-hybridized carbons (Fsp3) is 0.0909. The summed E-state index contributed by atoms with van der Waals surface area (Å²) in [6.45, 7) is 0. The van der Waals surface area contributed by atoms with Gasteiger partial charge in [-0.25, -0.2) is 13.6 Å². The molecule has 0 saturated carbocycles. The number of nitrogens with one attached hydrogen (secondary N) is 1. The highest BCUT2D eigenvalue weighted by atomic mass is 19.1. The van der Waals surface area contributed by atoms with Crippen LogP contribution in [-0.4, -0.2) is 18.1 Å². The van der Waals surface area contributed by atoms with Gasteiger partial charge in [0, 0.05) is 6.20 Å². The first-order valence-corrected chi connectivity index (χ1v) is 4.64. The molecule has 1 N–H and O–H groups in total. The fourth-order valence-corrected chi connectivity index (χ4v) is 1.52.